The molecule has 192 valence electrons. The molecule has 1 N–H and O–H groups in total. The van der Waals surface area contributed by atoms with Gasteiger partial charge in [0, 0.05) is 69.5 Å². The van der Waals surface area contributed by atoms with Crippen LogP contribution in [0.1, 0.15) is 28.9 Å². The highest BCUT2D eigenvalue weighted by atomic mass is 35.5. The maximum Gasteiger partial charge on any atom is 0.259 e. The van der Waals surface area contributed by atoms with Gasteiger partial charge in [-0.15, -0.1) is 12.4 Å². The summed E-state index contributed by atoms with van der Waals surface area (Å²) in [5.41, 5.74) is 1.62. The predicted octanol–water partition coefficient (Wildman–Crippen LogP) is 3.99. The van der Waals surface area contributed by atoms with E-state index in [1.54, 1.807) is 32.3 Å². The zero-order valence-electron chi connectivity index (χ0n) is 20.3. The fourth-order valence-electron chi connectivity index (χ4n) is 3.82. The van der Waals surface area contributed by atoms with Gasteiger partial charge in [0.15, 0.2) is 6.61 Å². The summed E-state index contributed by atoms with van der Waals surface area (Å²) < 4.78 is 5.58. The first-order valence-corrected chi connectivity index (χ1v) is 12.1. The van der Waals surface area contributed by atoms with E-state index in [-0.39, 0.29) is 30.8 Å². The number of amides is 2. The van der Waals surface area contributed by atoms with E-state index in [0.29, 0.717) is 28.9 Å². The first-order valence-electron chi connectivity index (χ1n) is 11.4. The Morgan fingerprint density at radius 1 is 1.03 bits per heavy atom. The molecule has 0 bridgehead atoms. The van der Waals surface area contributed by atoms with Crippen LogP contribution in [0.4, 0.5) is 0 Å². The second-order valence-electron chi connectivity index (χ2n) is 8.58. The van der Waals surface area contributed by atoms with Gasteiger partial charge in [0.05, 0.1) is 5.56 Å². The SMILES string of the molecule is CC(c1ccc(Cl)cc1)N1CCN(CCNC(=O)c2ccc(Cl)cc2OCC(=O)N(C)C)CC1.Cl. The van der Waals surface area contributed by atoms with Crippen LogP contribution in [0.25, 0.3) is 0 Å². The minimum atomic E-state index is -0.251. The van der Waals surface area contributed by atoms with Gasteiger partial charge >= 0.3 is 0 Å². The van der Waals surface area contributed by atoms with E-state index in [2.05, 4.69) is 34.2 Å². The molecule has 2 aromatic carbocycles. The molecular formula is C25H33Cl3N4O3. The van der Waals surface area contributed by atoms with Crippen molar-refractivity contribution in [3.63, 3.8) is 0 Å². The molecule has 35 heavy (non-hydrogen) atoms. The van der Waals surface area contributed by atoms with Gasteiger partial charge in [0.2, 0.25) is 0 Å². The van der Waals surface area contributed by atoms with Crippen molar-refractivity contribution >= 4 is 47.4 Å². The number of rotatable bonds is 9. The van der Waals surface area contributed by atoms with E-state index in [4.69, 9.17) is 27.9 Å². The lowest BCUT2D eigenvalue weighted by Gasteiger charge is -2.38. The van der Waals surface area contributed by atoms with E-state index in [1.165, 1.54) is 10.5 Å². The summed E-state index contributed by atoms with van der Waals surface area (Å²) in [5.74, 6) is -0.153. The molecule has 0 saturated carbocycles. The van der Waals surface area contributed by atoms with Gasteiger partial charge in [-0.25, -0.2) is 0 Å². The van der Waals surface area contributed by atoms with Crippen molar-refractivity contribution in [2.75, 3.05) is 60.0 Å². The average molecular weight is 544 g/mol. The highest BCUT2D eigenvalue weighted by Gasteiger charge is 2.22. The summed E-state index contributed by atoms with van der Waals surface area (Å²) in [6.45, 7) is 7.15. The number of likely N-dealkylation sites (N-methyl/N-ethyl adjacent to an activating group) is 1. The van der Waals surface area contributed by atoms with E-state index in [0.717, 1.165) is 37.7 Å². The standard InChI is InChI=1S/C25H32Cl2N4O3.ClH/c1-18(19-4-6-20(26)7-5-19)31-14-12-30(13-15-31)11-10-28-25(33)22-9-8-21(27)16-23(22)34-17-24(32)29(2)3;/h4-9,16,18H,10-15,17H2,1-3H3,(H,28,33);1H. The van der Waals surface area contributed by atoms with Crippen LogP contribution in [0.2, 0.25) is 10.0 Å². The fourth-order valence-corrected chi connectivity index (χ4v) is 4.11. The lowest BCUT2D eigenvalue weighted by atomic mass is 10.1. The van der Waals surface area contributed by atoms with Crippen molar-refractivity contribution in [3.8, 4) is 5.75 Å². The van der Waals surface area contributed by atoms with E-state index >= 15 is 0 Å². The fraction of sp³-hybridized carbons (Fsp3) is 0.440. The molecule has 3 rings (SSSR count). The number of carbonyl (C=O) groups excluding carboxylic acids is 2. The molecule has 10 heteroatoms. The highest BCUT2D eigenvalue weighted by Crippen LogP contribution is 2.24. The second kappa shape index (κ2) is 13.9. The van der Waals surface area contributed by atoms with Gasteiger partial charge in [-0.2, -0.15) is 0 Å². The molecule has 1 heterocycles. The van der Waals surface area contributed by atoms with Crippen LogP contribution in [0.15, 0.2) is 42.5 Å². The van der Waals surface area contributed by atoms with Crippen molar-refractivity contribution in [1.29, 1.82) is 0 Å². The van der Waals surface area contributed by atoms with Crippen molar-refractivity contribution in [2.24, 2.45) is 0 Å². The Bertz CT molecular complexity index is 980. The predicted molar refractivity (Wildman–Crippen MR) is 143 cm³/mol. The Balaban J connectivity index is 0.00000432. The van der Waals surface area contributed by atoms with E-state index in [1.807, 2.05) is 12.1 Å². The number of benzene rings is 2. The summed E-state index contributed by atoms with van der Waals surface area (Å²) >= 11 is 12.1. The smallest absolute Gasteiger partial charge is 0.259 e. The number of hydrogen-bond acceptors (Lipinski definition) is 5. The quantitative estimate of drug-likeness (QED) is 0.518. The van der Waals surface area contributed by atoms with Gasteiger partial charge < -0.3 is 15.0 Å². The number of nitrogens with one attached hydrogen (secondary N) is 1. The molecule has 0 aliphatic carbocycles. The number of halogens is 3. The maximum atomic E-state index is 12.8. The third-order valence-corrected chi connectivity index (χ3v) is 6.55. The van der Waals surface area contributed by atoms with Crippen LogP contribution in [0.3, 0.4) is 0 Å². The van der Waals surface area contributed by atoms with Crippen molar-refractivity contribution in [2.45, 2.75) is 13.0 Å². The number of hydrogen-bond donors (Lipinski definition) is 1. The molecule has 0 radical (unpaired) electrons. The monoisotopic (exact) mass is 542 g/mol. The van der Waals surface area contributed by atoms with Gasteiger partial charge in [-0.05, 0) is 42.8 Å². The van der Waals surface area contributed by atoms with Crippen LogP contribution in [0, 0.1) is 0 Å². The van der Waals surface area contributed by atoms with Crippen molar-refractivity contribution in [3.05, 3.63) is 63.6 Å². The molecule has 1 aliphatic rings. The Morgan fingerprint density at radius 2 is 1.66 bits per heavy atom. The van der Waals surface area contributed by atoms with Crippen LogP contribution in [-0.2, 0) is 4.79 Å². The first kappa shape index (κ1) is 29.2. The molecule has 1 unspecified atom stereocenters. The average Bonchev–Trinajstić information content (AvgIpc) is 2.83. The molecule has 2 aromatic rings. The van der Waals surface area contributed by atoms with E-state index in [9.17, 15) is 9.59 Å². The molecule has 0 spiro atoms. The van der Waals surface area contributed by atoms with Crippen molar-refractivity contribution < 1.29 is 14.3 Å². The summed E-state index contributed by atoms with van der Waals surface area (Å²) in [6.07, 6.45) is 0. The molecule has 2 amide bonds. The summed E-state index contributed by atoms with van der Waals surface area (Å²) in [6, 6.07) is 13.2. The maximum absolute atomic E-state index is 12.8. The summed E-state index contributed by atoms with van der Waals surface area (Å²) in [4.78, 5) is 30.8. The largest absolute Gasteiger partial charge is 0.483 e. The van der Waals surface area contributed by atoms with Gasteiger partial charge in [-0.3, -0.25) is 19.4 Å². The normalized spacial score (nSPS) is 15.1. The lowest BCUT2D eigenvalue weighted by Crippen LogP contribution is -2.49. The zero-order valence-corrected chi connectivity index (χ0v) is 22.6. The molecule has 1 atom stereocenters. The molecule has 1 fully saturated rings. The van der Waals surface area contributed by atoms with Gasteiger partial charge in [-0.1, -0.05) is 35.3 Å². The summed E-state index contributed by atoms with van der Waals surface area (Å²) in [5, 5.41) is 4.15. The Kier molecular flexibility index (Phi) is 11.6. The van der Waals surface area contributed by atoms with Crippen LogP contribution >= 0.6 is 35.6 Å². The minimum absolute atomic E-state index is 0. The molecule has 1 saturated heterocycles. The number of carbonyl (C=O) groups is 2. The van der Waals surface area contributed by atoms with Crippen LogP contribution < -0.4 is 10.1 Å². The lowest BCUT2D eigenvalue weighted by molar-refractivity contribution is -0.130. The Labute approximate surface area is 223 Å². The first-order chi connectivity index (χ1) is 16.2. The third kappa shape index (κ3) is 8.54. The van der Waals surface area contributed by atoms with Crippen molar-refractivity contribution in [1.82, 2.24) is 20.0 Å². The number of piperazine rings is 1. The van der Waals surface area contributed by atoms with E-state index < -0.39 is 0 Å². The topological polar surface area (TPSA) is 65.1 Å². The zero-order chi connectivity index (χ0) is 24.7. The number of nitrogens with zero attached hydrogens (tertiary/aromatic N) is 3. The molecule has 1 aliphatic heterocycles. The Hall–Kier alpha value is -2.03. The number of ether oxygens (including phenoxy) is 1. The molecular weight excluding hydrogens is 511 g/mol. The molecule has 7 nitrogen and oxygen atoms in total. The second-order valence-corrected chi connectivity index (χ2v) is 9.45. The highest BCUT2D eigenvalue weighted by molar-refractivity contribution is 6.31. The minimum Gasteiger partial charge on any atom is -0.483 e. The molecule has 0 aromatic heterocycles. The Morgan fingerprint density at radius 3 is 2.29 bits per heavy atom. The van der Waals surface area contributed by atoms with Gasteiger partial charge in [0.1, 0.15) is 5.75 Å². The van der Waals surface area contributed by atoms with Crippen LogP contribution in [0.5, 0.6) is 5.75 Å². The van der Waals surface area contributed by atoms with Gasteiger partial charge in [0.25, 0.3) is 11.8 Å². The van der Waals surface area contributed by atoms with Crippen LogP contribution in [-0.4, -0.2) is 86.5 Å². The third-order valence-electron chi connectivity index (χ3n) is 6.06. The summed E-state index contributed by atoms with van der Waals surface area (Å²) in [7, 11) is 3.30.